The van der Waals surface area contributed by atoms with Gasteiger partial charge in [0.05, 0.1) is 0 Å². The SMILES string of the molecule is C=C(C)C.CC.CCCC.c1ccncc1. The molecule has 0 unspecified atom stereocenters. The van der Waals surface area contributed by atoms with Crippen LogP contribution < -0.4 is 0 Å². The zero-order valence-corrected chi connectivity index (χ0v) is 12.0. The van der Waals surface area contributed by atoms with Gasteiger partial charge in [0.25, 0.3) is 0 Å². The van der Waals surface area contributed by atoms with Crippen molar-refractivity contribution < 1.29 is 0 Å². The zero-order chi connectivity index (χ0) is 13.2. The highest BCUT2D eigenvalue weighted by atomic mass is 14.6. The van der Waals surface area contributed by atoms with Crippen LogP contribution in [-0.4, -0.2) is 4.98 Å². The van der Waals surface area contributed by atoms with E-state index in [4.69, 9.17) is 0 Å². The molecule has 0 aliphatic carbocycles. The summed E-state index contributed by atoms with van der Waals surface area (Å²) >= 11 is 0. The van der Waals surface area contributed by atoms with Gasteiger partial charge in [0.15, 0.2) is 0 Å². The third-order valence-corrected chi connectivity index (χ3v) is 1.07. The van der Waals surface area contributed by atoms with Crippen LogP contribution in [0.2, 0.25) is 0 Å². The smallest absolute Gasteiger partial charge is 0.0267 e. The fourth-order valence-electron chi connectivity index (χ4n) is 0.313. The van der Waals surface area contributed by atoms with E-state index in [-0.39, 0.29) is 0 Å². The third kappa shape index (κ3) is 52.5. The van der Waals surface area contributed by atoms with E-state index in [1.165, 1.54) is 18.4 Å². The van der Waals surface area contributed by atoms with Crippen LogP contribution in [0.4, 0.5) is 0 Å². The Hall–Kier alpha value is -1.11. The molecule has 0 atom stereocenters. The van der Waals surface area contributed by atoms with Gasteiger partial charge in [-0.3, -0.25) is 4.98 Å². The maximum absolute atomic E-state index is 3.78. The Morgan fingerprint density at radius 1 is 0.938 bits per heavy atom. The molecular weight excluding hydrogens is 194 g/mol. The second-order valence-corrected chi connectivity index (χ2v) is 3.23. The molecule has 1 aromatic rings. The zero-order valence-electron chi connectivity index (χ0n) is 12.0. The van der Waals surface area contributed by atoms with Crippen molar-refractivity contribution in [2.75, 3.05) is 0 Å². The van der Waals surface area contributed by atoms with Gasteiger partial charge < -0.3 is 0 Å². The first-order valence-corrected chi connectivity index (χ1v) is 6.12. The summed E-state index contributed by atoms with van der Waals surface area (Å²) in [5.74, 6) is 0. The van der Waals surface area contributed by atoms with Crippen molar-refractivity contribution in [2.24, 2.45) is 0 Å². The van der Waals surface area contributed by atoms with Gasteiger partial charge in [-0.25, -0.2) is 0 Å². The lowest BCUT2D eigenvalue weighted by Crippen LogP contribution is -1.58. The number of rotatable bonds is 1. The second kappa shape index (κ2) is 23.6. The van der Waals surface area contributed by atoms with E-state index in [2.05, 4.69) is 25.4 Å². The van der Waals surface area contributed by atoms with Gasteiger partial charge in [0.1, 0.15) is 0 Å². The quantitative estimate of drug-likeness (QED) is 0.573. The highest BCUT2D eigenvalue weighted by molar-refractivity contribution is 4.88. The van der Waals surface area contributed by atoms with E-state index in [0.29, 0.717) is 0 Å². The molecule has 1 aromatic heterocycles. The number of nitrogens with zero attached hydrogens (tertiary/aromatic N) is 1. The largest absolute Gasteiger partial charge is 0.265 e. The fourth-order valence-corrected chi connectivity index (χ4v) is 0.313. The van der Waals surface area contributed by atoms with Gasteiger partial charge >= 0.3 is 0 Å². The van der Waals surface area contributed by atoms with Crippen molar-refractivity contribution in [3.8, 4) is 0 Å². The molecular formula is C15H29N. The molecule has 0 aliphatic heterocycles. The second-order valence-electron chi connectivity index (χ2n) is 3.23. The molecule has 0 fully saturated rings. The predicted molar refractivity (Wildman–Crippen MR) is 76.7 cm³/mol. The minimum atomic E-state index is 1.17. The first kappa shape index (κ1) is 20.3. The van der Waals surface area contributed by atoms with E-state index < -0.39 is 0 Å². The lowest BCUT2D eigenvalue weighted by molar-refractivity contribution is 0.886. The third-order valence-electron chi connectivity index (χ3n) is 1.07. The Kier molecular flexibility index (Phi) is 30.0. The molecule has 0 spiro atoms. The van der Waals surface area contributed by atoms with Gasteiger partial charge in [0.2, 0.25) is 0 Å². The van der Waals surface area contributed by atoms with Crippen molar-refractivity contribution in [3.63, 3.8) is 0 Å². The van der Waals surface area contributed by atoms with Crippen LogP contribution >= 0.6 is 0 Å². The Morgan fingerprint density at radius 3 is 1.31 bits per heavy atom. The maximum Gasteiger partial charge on any atom is 0.0267 e. The first-order valence-electron chi connectivity index (χ1n) is 6.12. The number of hydrogen-bond donors (Lipinski definition) is 0. The molecule has 1 heteroatoms. The minimum Gasteiger partial charge on any atom is -0.265 e. The highest BCUT2D eigenvalue weighted by Crippen LogP contribution is 1.76. The molecule has 0 bridgehead atoms. The summed E-state index contributed by atoms with van der Waals surface area (Å²) in [6.07, 6.45) is 6.14. The summed E-state index contributed by atoms with van der Waals surface area (Å²) in [6, 6.07) is 5.72. The Morgan fingerprint density at radius 2 is 1.25 bits per heavy atom. The first-order chi connectivity index (χ1) is 7.65. The molecule has 94 valence electrons. The van der Waals surface area contributed by atoms with Gasteiger partial charge in [-0.1, -0.05) is 52.2 Å². The molecule has 16 heavy (non-hydrogen) atoms. The summed E-state index contributed by atoms with van der Waals surface area (Å²) in [4.78, 5) is 3.78. The van der Waals surface area contributed by atoms with Crippen LogP contribution in [0.5, 0.6) is 0 Å². The van der Waals surface area contributed by atoms with Crippen LogP contribution in [0.15, 0.2) is 42.7 Å². The normalized spacial score (nSPS) is 6.88. The van der Waals surface area contributed by atoms with E-state index >= 15 is 0 Å². The van der Waals surface area contributed by atoms with E-state index in [9.17, 15) is 0 Å². The average Bonchev–Trinajstić information content (AvgIpc) is 2.33. The van der Waals surface area contributed by atoms with Crippen molar-refractivity contribution in [2.45, 2.75) is 54.4 Å². The number of pyridine rings is 1. The van der Waals surface area contributed by atoms with Gasteiger partial charge in [0, 0.05) is 12.4 Å². The molecule has 0 aliphatic rings. The maximum atomic E-state index is 3.78. The summed E-state index contributed by atoms with van der Waals surface area (Å²) in [6.45, 7) is 15.9. The molecule has 1 rings (SSSR count). The molecule has 0 N–H and O–H groups in total. The number of allylic oxidation sites excluding steroid dienone is 1. The molecule has 1 heterocycles. The van der Waals surface area contributed by atoms with Crippen LogP contribution in [0.25, 0.3) is 0 Å². The van der Waals surface area contributed by atoms with Crippen LogP contribution in [-0.2, 0) is 0 Å². The van der Waals surface area contributed by atoms with E-state index in [0.717, 1.165) is 0 Å². The molecule has 0 aromatic carbocycles. The summed E-state index contributed by atoms with van der Waals surface area (Å²) in [7, 11) is 0. The molecule has 0 saturated heterocycles. The Balaban J connectivity index is -0.000000152. The summed E-state index contributed by atoms with van der Waals surface area (Å²) < 4.78 is 0. The fraction of sp³-hybridized carbons (Fsp3) is 0.533. The molecule has 0 radical (unpaired) electrons. The lowest BCUT2D eigenvalue weighted by atomic mass is 10.4. The monoisotopic (exact) mass is 223 g/mol. The van der Waals surface area contributed by atoms with Gasteiger partial charge in [-0.2, -0.15) is 0 Å². The van der Waals surface area contributed by atoms with Crippen molar-refractivity contribution in [3.05, 3.63) is 42.7 Å². The summed E-state index contributed by atoms with van der Waals surface area (Å²) in [5.41, 5.74) is 1.17. The highest BCUT2D eigenvalue weighted by Gasteiger charge is 1.58. The average molecular weight is 223 g/mol. The molecule has 0 amide bonds. The molecule has 0 saturated carbocycles. The van der Waals surface area contributed by atoms with Crippen LogP contribution in [0.1, 0.15) is 54.4 Å². The minimum absolute atomic E-state index is 1.17. The number of unbranched alkanes of at least 4 members (excludes halogenated alkanes) is 1. The van der Waals surface area contributed by atoms with Crippen LogP contribution in [0, 0.1) is 0 Å². The standard InChI is InChI=1S/C5H5N.C4H8.C4H10.C2H6/c1-2-4-6-5-3-1;1-4(2)3;1-3-4-2;1-2/h1-5H;1H2,2-3H3;3-4H2,1-2H3;1-2H3. The van der Waals surface area contributed by atoms with Crippen molar-refractivity contribution in [1.29, 1.82) is 0 Å². The summed E-state index contributed by atoms with van der Waals surface area (Å²) in [5, 5.41) is 0. The lowest BCUT2D eigenvalue weighted by Gasteiger charge is -1.70. The molecule has 1 nitrogen and oxygen atoms in total. The van der Waals surface area contributed by atoms with Crippen molar-refractivity contribution >= 4 is 0 Å². The topological polar surface area (TPSA) is 12.9 Å². The Bertz CT molecular complexity index is 159. The number of hydrogen-bond acceptors (Lipinski definition) is 1. The predicted octanol–water partition coefficient (Wildman–Crippen LogP) is 5.50. The van der Waals surface area contributed by atoms with E-state index in [1.54, 1.807) is 12.4 Å². The Labute approximate surface area is 103 Å². The van der Waals surface area contributed by atoms with E-state index in [1.807, 2.05) is 45.9 Å². The van der Waals surface area contributed by atoms with Crippen molar-refractivity contribution in [1.82, 2.24) is 4.98 Å². The van der Waals surface area contributed by atoms with Crippen LogP contribution in [0.3, 0.4) is 0 Å². The van der Waals surface area contributed by atoms with Gasteiger partial charge in [-0.05, 0) is 26.0 Å². The number of aromatic nitrogens is 1. The van der Waals surface area contributed by atoms with Gasteiger partial charge in [-0.15, -0.1) is 6.58 Å².